The van der Waals surface area contributed by atoms with Crippen LogP contribution in [-0.2, 0) is 17.4 Å². The zero-order valence-electron chi connectivity index (χ0n) is 15.4. The number of aromatic nitrogens is 4. The number of piperidine rings is 1. The molecule has 1 unspecified atom stereocenters. The summed E-state index contributed by atoms with van der Waals surface area (Å²) in [7, 11) is 0. The van der Waals surface area contributed by atoms with Crippen molar-refractivity contribution in [2.24, 2.45) is 5.92 Å². The molecule has 0 bridgehead atoms. The van der Waals surface area contributed by atoms with Crippen molar-refractivity contribution in [2.45, 2.75) is 25.4 Å². The van der Waals surface area contributed by atoms with E-state index in [9.17, 15) is 18.0 Å². The molecule has 0 aliphatic carbocycles. The van der Waals surface area contributed by atoms with Gasteiger partial charge in [-0.05, 0) is 42.8 Å². The minimum absolute atomic E-state index is 0.0287. The second-order valence-corrected chi connectivity index (χ2v) is 7.92. The number of hydrogen-bond donors (Lipinski definition) is 1. The smallest absolute Gasteiger partial charge is 0.355 e. The fourth-order valence-electron chi connectivity index (χ4n) is 3.43. The molecule has 1 aliphatic rings. The number of nitrogens with zero attached hydrogens (tertiary/aromatic N) is 5. The molecule has 0 radical (unpaired) electrons. The molecule has 3 aromatic rings. The third-order valence-electron chi connectivity index (χ3n) is 4.87. The van der Waals surface area contributed by atoms with Gasteiger partial charge in [-0.15, -0.1) is 26.6 Å². The predicted molar refractivity (Wildman–Crippen MR) is 102 cm³/mol. The van der Waals surface area contributed by atoms with Gasteiger partial charge in [-0.1, -0.05) is 6.07 Å². The Hall–Kier alpha value is -2.69. The van der Waals surface area contributed by atoms with Crippen LogP contribution < -0.4 is 10.2 Å². The Morgan fingerprint density at radius 3 is 2.90 bits per heavy atom. The van der Waals surface area contributed by atoms with Crippen LogP contribution in [0.1, 0.15) is 23.5 Å². The van der Waals surface area contributed by atoms with E-state index in [2.05, 4.69) is 20.6 Å². The third kappa shape index (κ3) is 4.34. The molecular weight excluding hydrogens is 405 g/mol. The van der Waals surface area contributed by atoms with Gasteiger partial charge < -0.3 is 10.2 Å². The Morgan fingerprint density at radius 2 is 2.14 bits per heavy atom. The molecule has 3 aromatic heterocycles. The zero-order chi connectivity index (χ0) is 20.4. The van der Waals surface area contributed by atoms with Crippen molar-refractivity contribution in [3.63, 3.8) is 0 Å². The molecule has 4 rings (SSSR count). The number of fused-ring (bicyclic) bond motifs is 1. The second kappa shape index (κ2) is 7.97. The molecule has 7 nitrogen and oxygen atoms in total. The first-order chi connectivity index (χ1) is 13.9. The lowest BCUT2D eigenvalue weighted by molar-refractivity contribution is -0.146. The van der Waals surface area contributed by atoms with Gasteiger partial charge in [0.15, 0.2) is 5.65 Å². The first-order valence-corrected chi connectivity index (χ1v) is 10.1. The number of rotatable bonds is 5. The summed E-state index contributed by atoms with van der Waals surface area (Å²) in [6.45, 7) is 1.60. The normalized spacial score (nSPS) is 17.6. The third-order valence-corrected chi connectivity index (χ3v) is 5.81. The topological polar surface area (TPSA) is 75.4 Å². The van der Waals surface area contributed by atoms with Crippen LogP contribution in [0, 0.1) is 5.92 Å². The van der Waals surface area contributed by atoms with Crippen LogP contribution in [0.4, 0.5) is 19.0 Å². The number of anilines is 1. The Balaban J connectivity index is 1.43. The minimum Gasteiger partial charge on any atom is -0.355 e. The van der Waals surface area contributed by atoms with Crippen molar-refractivity contribution in [3.05, 3.63) is 40.3 Å². The standard InChI is InChI=1S/C18H19F3N6OS/c19-18(20,21)17-24-23-14-5-6-15(25-27(14)17)26-9-1-3-12(11-26)16(28)22-8-7-13-4-2-10-29-13/h2,4-6,10,12H,1,3,7-9,11H2,(H,22,28). The minimum atomic E-state index is -4.64. The van der Waals surface area contributed by atoms with E-state index >= 15 is 0 Å². The van der Waals surface area contributed by atoms with E-state index in [1.54, 1.807) is 17.4 Å². The number of thiophene rings is 1. The molecule has 1 N–H and O–H groups in total. The van der Waals surface area contributed by atoms with Crippen molar-refractivity contribution < 1.29 is 18.0 Å². The number of nitrogens with one attached hydrogen (secondary N) is 1. The van der Waals surface area contributed by atoms with Gasteiger partial charge in [0, 0.05) is 24.5 Å². The van der Waals surface area contributed by atoms with Gasteiger partial charge in [-0.3, -0.25) is 4.79 Å². The number of alkyl halides is 3. The lowest BCUT2D eigenvalue weighted by atomic mass is 9.97. The molecule has 154 valence electrons. The predicted octanol–water partition coefficient (Wildman–Crippen LogP) is 2.78. The van der Waals surface area contributed by atoms with Gasteiger partial charge in [0.1, 0.15) is 5.82 Å². The number of carbonyl (C=O) groups excluding carboxylic acids is 1. The fraction of sp³-hybridized carbons (Fsp3) is 0.444. The Kier molecular flexibility index (Phi) is 5.39. The van der Waals surface area contributed by atoms with Gasteiger partial charge in [0.25, 0.3) is 5.82 Å². The average Bonchev–Trinajstić information content (AvgIpc) is 3.36. The van der Waals surface area contributed by atoms with Crippen LogP contribution in [0.25, 0.3) is 5.65 Å². The van der Waals surface area contributed by atoms with Crippen LogP contribution in [0.15, 0.2) is 29.6 Å². The van der Waals surface area contributed by atoms with E-state index in [1.807, 2.05) is 22.4 Å². The van der Waals surface area contributed by atoms with Gasteiger partial charge >= 0.3 is 6.18 Å². The largest absolute Gasteiger partial charge is 0.453 e. The van der Waals surface area contributed by atoms with Crippen molar-refractivity contribution in [1.29, 1.82) is 0 Å². The molecule has 1 saturated heterocycles. The molecule has 1 aliphatic heterocycles. The highest BCUT2D eigenvalue weighted by atomic mass is 32.1. The highest BCUT2D eigenvalue weighted by molar-refractivity contribution is 7.09. The SMILES string of the molecule is O=C(NCCc1cccs1)C1CCCN(c2ccc3nnc(C(F)(F)F)n3n2)C1. The lowest BCUT2D eigenvalue weighted by Gasteiger charge is -2.32. The van der Waals surface area contributed by atoms with Gasteiger partial charge in [-0.25, -0.2) is 0 Å². The maximum Gasteiger partial charge on any atom is 0.453 e. The summed E-state index contributed by atoms with van der Waals surface area (Å²) < 4.78 is 40.0. The van der Waals surface area contributed by atoms with Crippen molar-refractivity contribution in [1.82, 2.24) is 25.1 Å². The number of hydrogen-bond acceptors (Lipinski definition) is 6. The van der Waals surface area contributed by atoms with Crippen LogP contribution in [0.5, 0.6) is 0 Å². The molecule has 11 heteroatoms. The summed E-state index contributed by atoms with van der Waals surface area (Å²) in [6, 6.07) is 7.07. The monoisotopic (exact) mass is 424 g/mol. The Labute approximate surface area is 168 Å². The molecule has 4 heterocycles. The molecule has 0 spiro atoms. The quantitative estimate of drug-likeness (QED) is 0.682. The Morgan fingerprint density at radius 1 is 1.28 bits per heavy atom. The van der Waals surface area contributed by atoms with Crippen LogP contribution in [0.3, 0.4) is 0 Å². The van der Waals surface area contributed by atoms with Crippen molar-refractivity contribution in [2.75, 3.05) is 24.5 Å². The average molecular weight is 424 g/mol. The van der Waals surface area contributed by atoms with Crippen LogP contribution in [0.2, 0.25) is 0 Å². The van der Waals surface area contributed by atoms with E-state index in [4.69, 9.17) is 0 Å². The summed E-state index contributed by atoms with van der Waals surface area (Å²) in [4.78, 5) is 15.6. The Bertz CT molecular complexity index is 987. The molecular formula is C18H19F3N6OS. The van der Waals surface area contributed by atoms with E-state index in [0.29, 0.717) is 30.0 Å². The molecule has 29 heavy (non-hydrogen) atoms. The number of carbonyl (C=O) groups is 1. The molecule has 1 atom stereocenters. The molecule has 1 fully saturated rings. The molecule has 0 aromatic carbocycles. The molecule has 0 saturated carbocycles. The first-order valence-electron chi connectivity index (χ1n) is 9.26. The zero-order valence-corrected chi connectivity index (χ0v) is 16.2. The lowest BCUT2D eigenvalue weighted by Crippen LogP contribution is -2.44. The summed E-state index contributed by atoms with van der Waals surface area (Å²) >= 11 is 1.65. The summed E-state index contributed by atoms with van der Waals surface area (Å²) in [5.41, 5.74) is 0.0287. The fourth-order valence-corrected chi connectivity index (χ4v) is 4.14. The van der Waals surface area contributed by atoms with E-state index in [-0.39, 0.29) is 17.5 Å². The summed E-state index contributed by atoms with van der Waals surface area (Å²) in [6.07, 6.45) is -2.36. The van der Waals surface area contributed by atoms with Gasteiger partial charge in [0.05, 0.1) is 5.92 Å². The number of halogens is 3. The second-order valence-electron chi connectivity index (χ2n) is 6.89. The van der Waals surface area contributed by atoms with E-state index < -0.39 is 12.0 Å². The summed E-state index contributed by atoms with van der Waals surface area (Å²) in [5, 5.41) is 15.8. The van der Waals surface area contributed by atoms with Crippen molar-refractivity contribution >= 4 is 28.7 Å². The highest BCUT2D eigenvalue weighted by Crippen LogP contribution is 2.28. The number of amides is 1. The first kappa shape index (κ1) is 19.6. The van der Waals surface area contributed by atoms with Gasteiger partial charge in [-0.2, -0.15) is 17.7 Å². The van der Waals surface area contributed by atoms with Crippen LogP contribution in [-0.4, -0.2) is 45.4 Å². The maximum atomic E-state index is 13.1. The van der Waals surface area contributed by atoms with Gasteiger partial charge in [0.2, 0.25) is 5.91 Å². The van der Waals surface area contributed by atoms with E-state index in [1.165, 1.54) is 10.9 Å². The van der Waals surface area contributed by atoms with Crippen molar-refractivity contribution in [3.8, 4) is 0 Å². The molecule has 1 amide bonds. The van der Waals surface area contributed by atoms with Crippen LogP contribution >= 0.6 is 11.3 Å². The highest BCUT2D eigenvalue weighted by Gasteiger charge is 2.38. The van der Waals surface area contributed by atoms with E-state index in [0.717, 1.165) is 19.3 Å². The maximum absolute atomic E-state index is 13.1. The summed E-state index contributed by atoms with van der Waals surface area (Å²) in [5.74, 6) is -1.05.